The van der Waals surface area contributed by atoms with Crippen LogP contribution in [-0.4, -0.2) is 85.8 Å². The number of amides is 1. The number of carbonyl (C=O) groups excluding carboxylic acids is 1. The fraction of sp³-hybridized carbons (Fsp3) is 0.348. The Morgan fingerprint density at radius 2 is 1.97 bits per heavy atom. The van der Waals surface area contributed by atoms with Crippen molar-refractivity contribution in [2.75, 3.05) is 55.8 Å². The van der Waals surface area contributed by atoms with Gasteiger partial charge in [0, 0.05) is 56.1 Å². The van der Waals surface area contributed by atoms with Gasteiger partial charge in [-0.3, -0.25) is 9.36 Å². The number of pyridine rings is 1. The van der Waals surface area contributed by atoms with Gasteiger partial charge in [0.25, 0.3) is 5.91 Å². The normalized spacial score (nSPS) is 25.2. The Bertz CT molecular complexity index is 1110. The molecule has 1 atom stereocenters. The quantitative estimate of drug-likeness (QED) is 0.667. The number of hydrogen-bond donors (Lipinski definition) is 0. The predicted molar refractivity (Wildman–Crippen MR) is 125 cm³/mol. The van der Waals surface area contributed by atoms with Crippen molar-refractivity contribution < 1.29 is 9.39 Å². The molecule has 6 heterocycles. The number of quaternary nitrogens is 1. The number of fused-ring (bicyclic) bond motifs is 1. The van der Waals surface area contributed by atoms with E-state index in [-0.39, 0.29) is 5.91 Å². The molecule has 164 valence electrons. The van der Waals surface area contributed by atoms with E-state index in [4.69, 9.17) is 0 Å². The van der Waals surface area contributed by atoms with Gasteiger partial charge >= 0.3 is 0 Å². The van der Waals surface area contributed by atoms with E-state index in [1.165, 1.54) is 5.70 Å². The second kappa shape index (κ2) is 7.91. The molecule has 0 unspecified atom stereocenters. The van der Waals surface area contributed by atoms with Crippen LogP contribution in [-0.2, 0) is 4.79 Å². The Balaban J connectivity index is 1.17. The van der Waals surface area contributed by atoms with Gasteiger partial charge in [0.2, 0.25) is 5.95 Å². The summed E-state index contributed by atoms with van der Waals surface area (Å²) in [5.41, 5.74) is 2.12. The van der Waals surface area contributed by atoms with Gasteiger partial charge in [0.05, 0.1) is 24.5 Å². The lowest BCUT2D eigenvalue weighted by Crippen LogP contribution is -2.60. The van der Waals surface area contributed by atoms with Crippen molar-refractivity contribution in [3.63, 3.8) is 0 Å². The van der Waals surface area contributed by atoms with Crippen molar-refractivity contribution in [1.29, 1.82) is 0 Å². The monoisotopic (exact) mass is 448 g/mol. The van der Waals surface area contributed by atoms with Crippen LogP contribution in [0.1, 0.15) is 0 Å². The van der Waals surface area contributed by atoms with Crippen LogP contribution in [0.25, 0.3) is 5.82 Å². The van der Waals surface area contributed by atoms with Gasteiger partial charge in [-0.2, -0.15) is 4.59 Å². The summed E-state index contributed by atoms with van der Waals surface area (Å²) in [7, 11) is 0. The van der Waals surface area contributed by atoms with Gasteiger partial charge in [0.15, 0.2) is 5.70 Å². The van der Waals surface area contributed by atoms with Crippen molar-refractivity contribution in [3.8, 4) is 5.82 Å². The summed E-state index contributed by atoms with van der Waals surface area (Å²) in [6.45, 7) is 5.10. The van der Waals surface area contributed by atoms with E-state index in [0.29, 0.717) is 11.1 Å². The van der Waals surface area contributed by atoms with Gasteiger partial charge in [0.1, 0.15) is 18.6 Å². The molecule has 0 spiro atoms. The van der Waals surface area contributed by atoms with Crippen LogP contribution in [0.3, 0.4) is 0 Å². The zero-order chi connectivity index (χ0) is 21.5. The Labute approximate surface area is 191 Å². The number of nitrogens with zero attached hydrogens (tertiary/aromatic N) is 7. The molecule has 1 amide bonds. The van der Waals surface area contributed by atoms with E-state index in [0.717, 1.165) is 61.7 Å². The minimum atomic E-state index is 0.201. The van der Waals surface area contributed by atoms with Crippen LogP contribution in [0.4, 0.5) is 5.95 Å². The molecule has 6 rings (SSSR count). The number of rotatable bonds is 4. The van der Waals surface area contributed by atoms with Gasteiger partial charge in [-0.1, -0.05) is 6.07 Å². The number of imidazole rings is 1. The molecule has 4 aliphatic heterocycles. The first-order valence-corrected chi connectivity index (χ1v) is 12.2. The smallest absolute Gasteiger partial charge is 0.256 e. The fourth-order valence-corrected chi connectivity index (χ4v) is 5.95. The molecule has 2 saturated heterocycles. The summed E-state index contributed by atoms with van der Waals surface area (Å²) >= 11 is 1.83. The van der Waals surface area contributed by atoms with Crippen LogP contribution in [0, 0.1) is 0 Å². The molecule has 0 saturated carbocycles. The number of allylic oxidation sites excluding steroid dienone is 3. The number of piperazine rings is 1. The van der Waals surface area contributed by atoms with Gasteiger partial charge in [-0.15, -0.1) is 16.8 Å². The number of anilines is 1. The first-order valence-electron chi connectivity index (χ1n) is 11.1. The maximum atomic E-state index is 13.0. The van der Waals surface area contributed by atoms with Crippen LogP contribution < -0.4 is 4.90 Å². The van der Waals surface area contributed by atoms with Gasteiger partial charge in [-0.25, -0.2) is 9.97 Å². The van der Waals surface area contributed by atoms with Crippen molar-refractivity contribution in [3.05, 3.63) is 72.5 Å². The van der Waals surface area contributed by atoms with Crippen molar-refractivity contribution in [1.82, 2.24) is 24.4 Å². The molecule has 0 radical (unpaired) electrons. The third kappa shape index (κ3) is 3.19. The largest absolute Gasteiger partial charge is 0.339 e. The average Bonchev–Trinajstić information content (AvgIpc) is 3.63. The average molecular weight is 449 g/mol. The third-order valence-electron chi connectivity index (χ3n) is 6.66. The van der Waals surface area contributed by atoms with Crippen molar-refractivity contribution in [2.45, 2.75) is 0 Å². The molecule has 9 heteroatoms. The number of thioether (sulfide) groups is 1. The molecule has 0 aromatic carbocycles. The molecular weight excluding hydrogens is 422 g/mol. The predicted octanol–water partition coefficient (Wildman–Crippen LogP) is 2.01. The zero-order valence-corrected chi connectivity index (χ0v) is 18.7. The lowest BCUT2D eigenvalue weighted by Gasteiger charge is -2.44. The molecule has 0 aliphatic carbocycles. The summed E-state index contributed by atoms with van der Waals surface area (Å²) < 4.78 is 2.69. The van der Waals surface area contributed by atoms with E-state index >= 15 is 0 Å². The molecule has 0 N–H and O–H groups in total. The highest BCUT2D eigenvalue weighted by molar-refractivity contribution is 7.99. The van der Waals surface area contributed by atoms with Crippen LogP contribution >= 0.6 is 11.8 Å². The third-order valence-corrected chi connectivity index (χ3v) is 7.62. The molecule has 2 aromatic rings. The Morgan fingerprint density at radius 1 is 1.06 bits per heavy atom. The number of hydrogen-bond acceptors (Lipinski definition) is 6. The summed E-state index contributed by atoms with van der Waals surface area (Å²) in [4.78, 5) is 26.4. The maximum absolute atomic E-state index is 13.0. The first-order chi connectivity index (χ1) is 15.7. The molecule has 2 aromatic heterocycles. The Hall–Kier alpha value is -2.88. The number of carbonyl (C=O) groups is 1. The Morgan fingerprint density at radius 3 is 2.75 bits per heavy atom. The molecular formula is C23H26N7OS+. The number of aromatic nitrogens is 3. The van der Waals surface area contributed by atoms with E-state index in [2.05, 4.69) is 44.3 Å². The molecule has 0 bridgehead atoms. The van der Waals surface area contributed by atoms with Crippen LogP contribution in [0.5, 0.6) is 0 Å². The highest BCUT2D eigenvalue weighted by Gasteiger charge is 2.48. The summed E-state index contributed by atoms with van der Waals surface area (Å²) in [5, 5.41) is 2.48. The SMILES string of the molecule is O=C(C1=CC2=CC=C[N@@+]2(N2CCN(c3nccn3-c3ccccn3)CC2)C1)N1CCSC1. The van der Waals surface area contributed by atoms with Crippen LogP contribution in [0.15, 0.2) is 72.5 Å². The van der Waals surface area contributed by atoms with E-state index in [9.17, 15) is 4.79 Å². The van der Waals surface area contributed by atoms with Crippen molar-refractivity contribution >= 4 is 23.6 Å². The fourth-order valence-electron chi connectivity index (χ4n) is 5.01. The van der Waals surface area contributed by atoms with E-state index in [1.54, 1.807) is 6.20 Å². The van der Waals surface area contributed by atoms with Gasteiger partial charge in [-0.05, 0) is 18.2 Å². The summed E-state index contributed by atoms with van der Waals surface area (Å²) in [6.07, 6.45) is 14.2. The summed E-state index contributed by atoms with van der Waals surface area (Å²) in [5.74, 6) is 3.86. The molecule has 32 heavy (non-hydrogen) atoms. The molecule has 2 fully saturated rings. The Kier molecular flexibility index (Phi) is 4.89. The highest BCUT2D eigenvalue weighted by Crippen LogP contribution is 2.38. The zero-order valence-electron chi connectivity index (χ0n) is 17.9. The summed E-state index contributed by atoms with van der Waals surface area (Å²) in [6, 6.07) is 5.92. The minimum absolute atomic E-state index is 0.201. The van der Waals surface area contributed by atoms with Crippen LogP contribution in [0.2, 0.25) is 0 Å². The lowest BCUT2D eigenvalue weighted by atomic mass is 10.2. The van der Waals surface area contributed by atoms with E-state index < -0.39 is 0 Å². The minimum Gasteiger partial charge on any atom is -0.339 e. The van der Waals surface area contributed by atoms with Crippen molar-refractivity contribution in [2.24, 2.45) is 0 Å². The molecule has 8 nitrogen and oxygen atoms in total. The second-order valence-corrected chi connectivity index (χ2v) is 9.49. The topological polar surface area (TPSA) is 57.5 Å². The van der Waals surface area contributed by atoms with Gasteiger partial charge < -0.3 is 9.80 Å². The second-order valence-electron chi connectivity index (χ2n) is 8.42. The highest BCUT2D eigenvalue weighted by atomic mass is 32.2. The lowest BCUT2D eigenvalue weighted by molar-refractivity contribution is -0.948. The van der Waals surface area contributed by atoms with E-state index in [1.807, 2.05) is 51.8 Å². The standard InChI is InChI=1S/C23H26N7OS/c31-22(27-13-15-32-18-27)19-16-20-4-3-14-30(20,17-19)28-11-9-26(10-12-28)23-25-7-8-29(23)21-5-1-2-6-24-21/h1-8,14,16H,9-13,15,17-18H2/q+1/t30-/m1/s1. The maximum Gasteiger partial charge on any atom is 0.256 e. The molecule has 4 aliphatic rings. The first kappa shape index (κ1) is 19.8.